The van der Waals surface area contributed by atoms with Crippen molar-refractivity contribution < 1.29 is 0 Å². The Morgan fingerprint density at radius 3 is 2.58 bits per heavy atom. The molecular formula is C17H14N2. The van der Waals surface area contributed by atoms with Crippen LogP contribution in [-0.4, -0.2) is 4.98 Å². The van der Waals surface area contributed by atoms with Crippen LogP contribution in [-0.2, 0) is 12.8 Å². The first-order chi connectivity index (χ1) is 9.34. The first kappa shape index (κ1) is 10.6. The van der Waals surface area contributed by atoms with E-state index >= 15 is 0 Å². The minimum atomic E-state index is 0.786. The molecule has 0 radical (unpaired) electrons. The van der Waals surface area contributed by atoms with Gasteiger partial charge in [0.2, 0.25) is 0 Å². The fourth-order valence-electron chi connectivity index (χ4n) is 3.11. The highest BCUT2D eigenvalue weighted by Gasteiger charge is 2.17. The van der Waals surface area contributed by atoms with Gasteiger partial charge < -0.3 is 5.73 Å². The first-order valence-corrected chi connectivity index (χ1v) is 6.58. The number of pyridine rings is 1. The van der Waals surface area contributed by atoms with Crippen LogP contribution in [0.25, 0.3) is 21.9 Å². The van der Waals surface area contributed by atoms with Crippen molar-refractivity contribution in [3.05, 3.63) is 59.9 Å². The second kappa shape index (κ2) is 3.82. The highest BCUT2D eigenvalue weighted by molar-refractivity contribution is 6.03. The van der Waals surface area contributed by atoms with Crippen LogP contribution in [0.5, 0.6) is 0 Å². The normalized spacial score (nSPS) is 13.1. The number of aryl methyl sites for hydroxylation is 2. The van der Waals surface area contributed by atoms with Gasteiger partial charge >= 0.3 is 0 Å². The molecular weight excluding hydrogens is 232 g/mol. The van der Waals surface area contributed by atoms with Gasteiger partial charge in [0.25, 0.3) is 0 Å². The van der Waals surface area contributed by atoms with Crippen LogP contribution in [0.2, 0.25) is 0 Å². The fourth-order valence-corrected chi connectivity index (χ4v) is 3.11. The third-order valence-electron chi connectivity index (χ3n) is 4.02. The van der Waals surface area contributed by atoms with Crippen molar-refractivity contribution in [2.45, 2.75) is 12.8 Å². The van der Waals surface area contributed by atoms with E-state index in [4.69, 9.17) is 5.73 Å². The zero-order chi connectivity index (χ0) is 12.8. The van der Waals surface area contributed by atoms with E-state index in [-0.39, 0.29) is 0 Å². The molecule has 0 unspecified atom stereocenters. The van der Waals surface area contributed by atoms with Crippen molar-refractivity contribution in [3.63, 3.8) is 0 Å². The van der Waals surface area contributed by atoms with E-state index in [1.807, 2.05) is 12.3 Å². The van der Waals surface area contributed by atoms with Crippen molar-refractivity contribution in [2.75, 3.05) is 5.73 Å². The Morgan fingerprint density at radius 1 is 0.895 bits per heavy atom. The minimum Gasteiger partial charge on any atom is -0.398 e. The molecule has 0 bridgehead atoms. The Labute approximate surface area is 111 Å². The van der Waals surface area contributed by atoms with Crippen LogP contribution < -0.4 is 5.73 Å². The number of rotatable bonds is 1. The molecule has 92 valence electrons. The molecule has 0 spiro atoms. The maximum Gasteiger partial charge on any atom is 0.0425 e. The van der Waals surface area contributed by atoms with Gasteiger partial charge in [0.1, 0.15) is 0 Å². The molecule has 1 aliphatic rings. The van der Waals surface area contributed by atoms with Gasteiger partial charge in [-0.25, -0.2) is 0 Å². The summed E-state index contributed by atoms with van der Waals surface area (Å²) in [5.74, 6) is 0. The van der Waals surface area contributed by atoms with E-state index in [9.17, 15) is 0 Å². The molecule has 0 atom stereocenters. The van der Waals surface area contributed by atoms with Gasteiger partial charge in [-0.15, -0.1) is 0 Å². The van der Waals surface area contributed by atoms with E-state index < -0.39 is 0 Å². The summed E-state index contributed by atoms with van der Waals surface area (Å²) < 4.78 is 0. The Bertz CT molecular complexity index is 780. The summed E-state index contributed by atoms with van der Waals surface area (Å²) in [4.78, 5) is 4.21. The van der Waals surface area contributed by atoms with Crippen molar-refractivity contribution in [1.29, 1.82) is 0 Å². The molecule has 1 aromatic heterocycles. The zero-order valence-electron chi connectivity index (χ0n) is 10.6. The molecule has 2 heteroatoms. The fraction of sp³-hybridized carbons (Fsp3) is 0.118. The number of benzene rings is 2. The molecule has 0 amide bonds. The van der Waals surface area contributed by atoms with Gasteiger partial charge in [-0.05, 0) is 46.4 Å². The van der Waals surface area contributed by atoms with Crippen LogP contribution >= 0.6 is 0 Å². The number of hydrogen-bond donors (Lipinski definition) is 1. The van der Waals surface area contributed by atoms with Crippen LogP contribution in [0.4, 0.5) is 5.69 Å². The molecule has 0 fully saturated rings. The molecule has 0 saturated carbocycles. The molecule has 0 saturated heterocycles. The second-order valence-corrected chi connectivity index (χ2v) is 5.07. The van der Waals surface area contributed by atoms with Gasteiger partial charge in [-0.1, -0.05) is 30.3 Å². The Hall–Kier alpha value is -2.35. The van der Waals surface area contributed by atoms with E-state index in [0.29, 0.717) is 0 Å². The number of aromatic nitrogens is 1. The van der Waals surface area contributed by atoms with Crippen molar-refractivity contribution >= 4 is 16.5 Å². The van der Waals surface area contributed by atoms with E-state index in [1.54, 1.807) is 6.20 Å². The predicted octanol–water partition coefficient (Wildman–Crippen LogP) is 3.58. The number of nitrogens with two attached hydrogens (primary N) is 1. The number of nitrogen functional groups attached to an aromatic ring is 1. The van der Waals surface area contributed by atoms with Crippen LogP contribution in [0.3, 0.4) is 0 Å². The Balaban J connectivity index is 2.10. The lowest BCUT2D eigenvalue weighted by Gasteiger charge is -2.10. The van der Waals surface area contributed by atoms with Crippen LogP contribution in [0.1, 0.15) is 11.1 Å². The van der Waals surface area contributed by atoms with Crippen LogP contribution in [0.15, 0.2) is 48.8 Å². The molecule has 19 heavy (non-hydrogen) atoms. The number of hydrogen-bond acceptors (Lipinski definition) is 2. The summed E-state index contributed by atoms with van der Waals surface area (Å²) in [7, 11) is 0. The summed E-state index contributed by atoms with van der Waals surface area (Å²) in [6.07, 6.45) is 5.89. The van der Waals surface area contributed by atoms with Gasteiger partial charge in [0.15, 0.2) is 0 Å². The average molecular weight is 246 g/mol. The third kappa shape index (κ3) is 1.46. The smallest absolute Gasteiger partial charge is 0.0425 e. The van der Waals surface area contributed by atoms with Crippen molar-refractivity contribution in [2.24, 2.45) is 0 Å². The lowest BCUT2D eigenvalue weighted by atomic mass is 9.95. The first-order valence-electron chi connectivity index (χ1n) is 6.58. The summed E-state index contributed by atoms with van der Waals surface area (Å²) in [5, 5.41) is 2.72. The summed E-state index contributed by atoms with van der Waals surface area (Å²) in [6.45, 7) is 0. The SMILES string of the molecule is Nc1ccncc1-c1ccc2c3c(cccc13)CC2. The zero-order valence-corrected chi connectivity index (χ0v) is 10.6. The largest absolute Gasteiger partial charge is 0.398 e. The summed E-state index contributed by atoms with van der Waals surface area (Å²) in [6, 6.07) is 12.8. The Kier molecular flexibility index (Phi) is 2.12. The van der Waals surface area contributed by atoms with E-state index in [1.165, 1.54) is 27.5 Å². The number of anilines is 1. The highest BCUT2D eigenvalue weighted by Crippen LogP contribution is 2.38. The monoisotopic (exact) mass is 246 g/mol. The highest BCUT2D eigenvalue weighted by atomic mass is 14.7. The quantitative estimate of drug-likeness (QED) is 0.712. The van der Waals surface area contributed by atoms with Crippen molar-refractivity contribution in [3.8, 4) is 11.1 Å². The molecule has 2 N–H and O–H groups in total. The van der Waals surface area contributed by atoms with Gasteiger partial charge in [0, 0.05) is 23.6 Å². The lowest BCUT2D eigenvalue weighted by Crippen LogP contribution is -1.92. The number of nitrogens with zero attached hydrogens (tertiary/aromatic N) is 1. The molecule has 2 nitrogen and oxygen atoms in total. The summed E-state index contributed by atoms with van der Waals surface area (Å²) >= 11 is 0. The molecule has 1 aliphatic carbocycles. The predicted molar refractivity (Wildman–Crippen MR) is 79.0 cm³/mol. The topological polar surface area (TPSA) is 38.9 Å². The maximum absolute atomic E-state index is 6.10. The second-order valence-electron chi connectivity index (χ2n) is 5.07. The molecule has 2 aromatic carbocycles. The van der Waals surface area contributed by atoms with Crippen molar-refractivity contribution in [1.82, 2.24) is 4.98 Å². The van der Waals surface area contributed by atoms with Gasteiger partial charge in [-0.3, -0.25) is 4.98 Å². The Morgan fingerprint density at radius 2 is 1.74 bits per heavy atom. The lowest BCUT2D eigenvalue weighted by molar-refractivity contribution is 1.02. The maximum atomic E-state index is 6.10. The standard InChI is InChI=1S/C17H14N2/c18-16-8-9-19-10-15(16)13-7-6-12-5-4-11-2-1-3-14(13)17(11)12/h1-3,6-10H,4-5H2,(H2,18,19). The molecule has 3 aromatic rings. The van der Waals surface area contributed by atoms with Gasteiger partial charge in [0.05, 0.1) is 0 Å². The molecule has 1 heterocycles. The van der Waals surface area contributed by atoms with Gasteiger partial charge in [-0.2, -0.15) is 0 Å². The van der Waals surface area contributed by atoms with E-state index in [0.717, 1.165) is 24.1 Å². The minimum absolute atomic E-state index is 0.786. The van der Waals surface area contributed by atoms with E-state index in [2.05, 4.69) is 35.3 Å². The third-order valence-corrected chi connectivity index (χ3v) is 4.02. The van der Waals surface area contributed by atoms with Crippen LogP contribution in [0, 0.1) is 0 Å². The average Bonchev–Trinajstić information content (AvgIpc) is 2.86. The molecule has 4 rings (SSSR count). The summed E-state index contributed by atoms with van der Waals surface area (Å²) in [5.41, 5.74) is 12.0. The molecule has 0 aliphatic heterocycles.